The number of ketones is 1. The molecule has 0 heterocycles. The van der Waals surface area contributed by atoms with E-state index in [-0.39, 0.29) is 24.2 Å². The standard InChI is InChI=1S/C16H22O3/c1-11-14(16(19)10-15(11)18)7-6-12-4-2-3-5-13(12)8-9-17/h2-5,11,14-15,17-18H,6-10H2,1H3/t11-,14-,15?/m1/s1. The van der Waals surface area contributed by atoms with E-state index in [0.29, 0.717) is 12.8 Å². The molecule has 2 N–H and O–H groups in total. The molecule has 19 heavy (non-hydrogen) atoms. The summed E-state index contributed by atoms with van der Waals surface area (Å²) in [7, 11) is 0. The van der Waals surface area contributed by atoms with Gasteiger partial charge in [-0.05, 0) is 36.3 Å². The van der Waals surface area contributed by atoms with Crippen LogP contribution in [0.5, 0.6) is 0 Å². The van der Waals surface area contributed by atoms with Crippen molar-refractivity contribution in [1.29, 1.82) is 0 Å². The number of aryl methyl sites for hydroxylation is 1. The molecule has 0 saturated heterocycles. The Bertz CT molecular complexity index is 441. The highest BCUT2D eigenvalue weighted by molar-refractivity contribution is 5.84. The molecule has 2 rings (SSSR count). The maximum absolute atomic E-state index is 11.8. The Morgan fingerprint density at radius 1 is 1.21 bits per heavy atom. The molecule has 1 saturated carbocycles. The summed E-state index contributed by atoms with van der Waals surface area (Å²) in [6, 6.07) is 8.05. The van der Waals surface area contributed by atoms with Gasteiger partial charge < -0.3 is 10.2 Å². The summed E-state index contributed by atoms with van der Waals surface area (Å²) in [5, 5.41) is 18.8. The maximum atomic E-state index is 11.8. The molecule has 3 atom stereocenters. The molecule has 0 spiro atoms. The maximum Gasteiger partial charge on any atom is 0.138 e. The van der Waals surface area contributed by atoms with Crippen LogP contribution in [0, 0.1) is 11.8 Å². The number of aliphatic hydroxyl groups excluding tert-OH is 2. The number of Topliss-reactive ketones (excluding diaryl/α,β-unsaturated/α-hetero) is 1. The number of carbonyl (C=O) groups excluding carboxylic acids is 1. The van der Waals surface area contributed by atoms with Gasteiger partial charge in [-0.1, -0.05) is 31.2 Å². The van der Waals surface area contributed by atoms with Crippen LogP contribution in [-0.4, -0.2) is 28.7 Å². The van der Waals surface area contributed by atoms with Crippen molar-refractivity contribution in [3.8, 4) is 0 Å². The second-order valence-electron chi connectivity index (χ2n) is 5.48. The second-order valence-corrected chi connectivity index (χ2v) is 5.48. The molecule has 0 bridgehead atoms. The van der Waals surface area contributed by atoms with E-state index < -0.39 is 6.10 Å². The van der Waals surface area contributed by atoms with E-state index in [1.165, 1.54) is 5.56 Å². The lowest BCUT2D eigenvalue weighted by Gasteiger charge is -2.16. The zero-order chi connectivity index (χ0) is 13.8. The molecule has 1 aliphatic rings. The molecule has 0 amide bonds. The van der Waals surface area contributed by atoms with Crippen LogP contribution in [0.2, 0.25) is 0 Å². The van der Waals surface area contributed by atoms with Gasteiger partial charge in [0.1, 0.15) is 5.78 Å². The van der Waals surface area contributed by atoms with E-state index in [1.807, 2.05) is 25.1 Å². The third-order valence-corrected chi connectivity index (χ3v) is 4.29. The smallest absolute Gasteiger partial charge is 0.138 e. The van der Waals surface area contributed by atoms with Gasteiger partial charge >= 0.3 is 0 Å². The quantitative estimate of drug-likeness (QED) is 0.850. The Morgan fingerprint density at radius 3 is 2.37 bits per heavy atom. The minimum atomic E-state index is -0.467. The summed E-state index contributed by atoms with van der Waals surface area (Å²) in [4.78, 5) is 11.8. The van der Waals surface area contributed by atoms with Gasteiger partial charge in [0.05, 0.1) is 6.10 Å². The number of aliphatic hydroxyl groups is 2. The first-order valence-electron chi connectivity index (χ1n) is 7.02. The lowest BCUT2D eigenvalue weighted by Crippen LogP contribution is -2.18. The molecular formula is C16H22O3. The fraction of sp³-hybridized carbons (Fsp3) is 0.562. The Morgan fingerprint density at radius 2 is 1.84 bits per heavy atom. The number of hydrogen-bond acceptors (Lipinski definition) is 3. The van der Waals surface area contributed by atoms with Gasteiger partial charge in [-0.2, -0.15) is 0 Å². The lowest BCUT2D eigenvalue weighted by atomic mass is 9.89. The van der Waals surface area contributed by atoms with Crippen molar-refractivity contribution >= 4 is 5.78 Å². The highest BCUT2D eigenvalue weighted by Crippen LogP contribution is 2.32. The first-order valence-corrected chi connectivity index (χ1v) is 7.02. The Balaban J connectivity index is 2.01. The van der Waals surface area contributed by atoms with Crippen molar-refractivity contribution in [3.05, 3.63) is 35.4 Å². The van der Waals surface area contributed by atoms with Crippen LogP contribution in [0.25, 0.3) is 0 Å². The summed E-state index contributed by atoms with van der Waals surface area (Å²) in [5.74, 6) is 0.245. The minimum Gasteiger partial charge on any atom is -0.396 e. The van der Waals surface area contributed by atoms with Gasteiger partial charge in [0.15, 0.2) is 0 Å². The molecule has 3 heteroatoms. The van der Waals surface area contributed by atoms with E-state index in [2.05, 4.69) is 6.07 Å². The molecule has 0 radical (unpaired) electrons. The average Bonchev–Trinajstić information content (AvgIpc) is 2.63. The molecule has 1 unspecified atom stereocenters. The first kappa shape index (κ1) is 14.2. The van der Waals surface area contributed by atoms with Crippen molar-refractivity contribution in [2.45, 2.75) is 38.7 Å². The van der Waals surface area contributed by atoms with Crippen LogP contribution in [0.4, 0.5) is 0 Å². The first-order chi connectivity index (χ1) is 9.13. The largest absolute Gasteiger partial charge is 0.396 e. The van der Waals surface area contributed by atoms with Crippen LogP contribution in [0.3, 0.4) is 0 Å². The molecule has 1 aromatic rings. The minimum absolute atomic E-state index is 0.0165. The predicted octanol–water partition coefficient (Wildman–Crippen LogP) is 1.74. The van der Waals surface area contributed by atoms with Crippen molar-refractivity contribution in [2.75, 3.05) is 6.61 Å². The van der Waals surface area contributed by atoms with Gasteiger partial charge in [-0.25, -0.2) is 0 Å². The number of rotatable bonds is 5. The molecular weight excluding hydrogens is 240 g/mol. The lowest BCUT2D eigenvalue weighted by molar-refractivity contribution is -0.121. The molecule has 104 valence electrons. The van der Waals surface area contributed by atoms with Crippen molar-refractivity contribution in [2.24, 2.45) is 11.8 Å². The van der Waals surface area contributed by atoms with Crippen LogP contribution in [0.15, 0.2) is 24.3 Å². The van der Waals surface area contributed by atoms with Crippen molar-refractivity contribution in [3.63, 3.8) is 0 Å². The van der Waals surface area contributed by atoms with Gasteiger partial charge in [0.2, 0.25) is 0 Å². The van der Waals surface area contributed by atoms with E-state index in [4.69, 9.17) is 5.11 Å². The van der Waals surface area contributed by atoms with Crippen molar-refractivity contribution < 1.29 is 15.0 Å². The molecule has 1 fully saturated rings. The normalized spacial score (nSPS) is 26.9. The average molecular weight is 262 g/mol. The Kier molecular flexibility index (Phi) is 4.72. The number of carbonyl (C=O) groups is 1. The number of benzene rings is 1. The van der Waals surface area contributed by atoms with Crippen LogP contribution < -0.4 is 0 Å². The third kappa shape index (κ3) is 3.23. The topological polar surface area (TPSA) is 57.5 Å². The van der Waals surface area contributed by atoms with Gasteiger partial charge in [-0.3, -0.25) is 4.79 Å². The summed E-state index contributed by atoms with van der Waals surface area (Å²) in [6.07, 6.45) is 2.13. The van der Waals surface area contributed by atoms with E-state index in [0.717, 1.165) is 18.4 Å². The van der Waals surface area contributed by atoms with Gasteiger partial charge in [-0.15, -0.1) is 0 Å². The summed E-state index contributed by atoms with van der Waals surface area (Å²) < 4.78 is 0. The van der Waals surface area contributed by atoms with Crippen molar-refractivity contribution in [1.82, 2.24) is 0 Å². The fourth-order valence-electron chi connectivity index (χ4n) is 3.01. The molecule has 1 aromatic carbocycles. The van der Waals surface area contributed by atoms with Crippen LogP contribution in [-0.2, 0) is 17.6 Å². The summed E-state index contributed by atoms with van der Waals surface area (Å²) in [6.45, 7) is 2.11. The van der Waals surface area contributed by atoms with Crippen LogP contribution in [0.1, 0.15) is 30.9 Å². The molecule has 1 aliphatic carbocycles. The number of hydrogen-bond donors (Lipinski definition) is 2. The highest BCUT2D eigenvalue weighted by atomic mass is 16.3. The van der Waals surface area contributed by atoms with E-state index >= 15 is 0 Å². The molecule has 3 nitrogen and oxygen atoms in total. The Labute approximate surface area is 114 Å². The predicted molar refractivity (Wildman–Crippen MR) is 73.8 cm³/mol. The third-order valence-electron chi connectivity index (χ3n) is 4.29. The van der Waals surface area contributed by atoms with Gasteiger partial charge in [0, 0.05) is 18.9 Å². The monoisotopic (exact) mass is 262 g/mol. The SMILES string of the molecule is C[C@H]1C(O)CC(=O)[C@@H]1CCc1ccccc1CCO. The van der Waals surface area contributed by atoms with E-state index in [9.17, 15) is 9.90 Å². The molecule has 0 aliphatic heterocycles. The van der Waals surface area contributed by atoms with Gasteiger partial charge in [0.25, 0.3) is 0 Å². The van der Waals surface area contributed by atoms with Crippen LogP contribution >= 0.6 is 0 Å². The fourth-order valence-corrected chi connectivity index (χ4v) is 3.01. The summed E-state index contributed by atoms with van der Waals surface area (Å²) in [5.41, 5.74) is 2.36. The highest BCUT2D eigenvalue weighted by Gasteiger charge is 2.37. The second kappa shape index (κ2) is 6.31. The Hall–Kier alpha value is -1.19. The zero-order valence-electron chi connectivity index (χ0n) is 11.4. The van der Waals surface area contributed by atoms with E-state index in [1.54, 1.807) is 0 Å². The summed E-state index contributed by atoms with van der Waals surface area (Å²) >= 11 is 0. The molecule has 0 aromatic heterocycles. The zero-order valence-corrected chi connectivity index (χ0v) is 11.4.